The molecular weight excluding hydrogens is 304 g/mol. The molecule has 1 heterocycles. The van der Waals surface area contributed by atoms with E-state index in [1.807, 2.05) is 25.1 Å². The van der Waals surface area contributed by atoms with Crippen LogP contribution in [0.4, 0.5) is 5.69 Å². The van der Waals surface area contributed by atoms with E-state index in [0.717, 1.165) is 29.2 Å². The lowest BCUT2D eigenvalue weighted by molar-refractivity contribution is 0.303. The first-order chi connectivity index (χ1) is 11.6. The molecule has 0 amide bonds. The van der Waals surface area contributed by atoms with Gasteiger partial charge in [-0.3, -0.25) is 4.79 Å². The lowest BCUT2D eigenvalue weighted by Crippen LogP contribution is -2.16. The summed E-state index contributed by atoms with van der Waals surface area (Å²) in [6.45, 7) is 3.07. The molecule has 1 saturated carbocycles. The topological polar surface area (TPSA) is 66.5 Å². The fourth-order valence-electron chi connectivity index (χ4n) is 2.72. The summed E-state index contributed by atoms with van der Waals surface area (Å²) in [4.78, 5) is 11.9. The van der Waals surface area contributed by atoms with Crippen LogP contribution in [0.15, 0.2) is 35.3 Å². The molecule has 2 aromatic rings. The number of aromatic nitrogens is 1. The van der Waals surface area contributed by atoms with Crippen molar-refractivity contribution < 1.29 is 9.47 Å². The van der Waals surface area contributed by atoms with E-state index in [9.17, 15) is 4.79 Å². The second-order valence-electron chi connectivity index (χ2n) is 6.27. The predicted octanol–water partition coefficient (Wildman–Crippen LogP) is 3.21. The largest absolute Gasteiger partial charge is 0.493 e. The second kappa shape index (κ2) is 6.99. The van der Waals surface area contributed by atoms with E-state index in [1.165, 1.54) is 23.5 Å². The Hall–Kier alpha value is -2.43. The van der Waals surface area contributed by atoms with Crippen LogP contribution < -0.4 is 20.8 Å². The summed E-state index contributed by atoms with van der Waals surface area (Å²) in [5.74, 6) is 2.14. The van der Waals surface area contributed by atoms with Crippen LogP contribution in [0.5, 0.6) is 11.5 Å². The molecule has 1 aromatic heterocycles. The predicted molar refractivity (Wildman–Crippen MR) is 95.5 cm³/mol. The Bertz CT molecular complexity index is 779. The molecule has 0 aliphatic heterocycles. The quantitative estimate of drug-likeness (QED) is 0.793. The fourth-order valence-corrected chi connectivity index (χ4v) is 2.72. The SMILES string of the molecule is CCOc1cc(=O)n(C)cc1-c1cc(N)ccc1OCCC1CC1. The zero-order valence-corrected chi connectivity index (χ0v) is 14.2. The van der Waals surface area contributed by atoms with Crippen molar-refractivity contribution in [3.05, 3.63) is 40.8 Å². The summed E-state index contributed by atoms with van der Waals surface area (Å²) < 4.78 is 13.2. The van der Waals surface area contributed by atoms with Gasteiger partial charge >= 0.3 is 0 Å². The van der Waals surface area contributed by atoms with Crippen molar-refractivity contribution in [3.8, 4) is 22.6 Å². The highest BCUT2D eigenvalue weighted by atomic mass is 16.5. The number of anilines is 1. The number of hydrogen-bond donors (Lipinski definition) is 1. The van der Waals surface area contributed by atoms with E-state index < -0.39 is 0 Å². The lowest BCUT2D eigenvalue weighted by atomic mass is 10.0. The molecule has 5 nitrogen and oxygen atoms in total. The summed E-state index contributed by atoms with van der Waals surface area (Å²) in [5.41, 5.74) is 8.18. The first kappa shape index (κ1) is 16.4. The molecule has 128 valence electrons. The van der Waals surface area contributed by atoms with Crippen LogP contribution in [0.3, 0.4) is 0 Å². The van der Waals surface area contributed by atoms with Crippen LogP contribution in [-0.4, -0.2) is 17.8 Å². The van der Waals surface area contributed by atoms with Gasteiger partial charge in [0, 0.05) is 36.1 Å². The van der Waals surface area contributed by atoms with Crippen LogP contribution in [-0.2, 0) is 7.05 Å². The Morgan fingerprint density at radius 1 is 1.17 bits per heavy atom. The smallest absolute Gasteiger partial charge is 0.254 e. The Kier molecular flexibility index (Phi) is 4.79. The van der Waals surface area contributed by atoms with E-state index >= 15 is 0 Å². The van der Waals surface area contributed by atoms with Gasteiger partial charge in [-0.25, -0.2) is 0 Å². The van der Waals surface area contributed by atoms with Gasteiger partial charge in [-0.05, 0) is 37.5 Å². The van der Waals surface area contributed by atoms with Gasteiger partial charge in [0.05, 0.1) is 13.2 Å². The number of nitrogen functional groups attached to an aromatic ring is 1. The number of rotatable bonds is 7. The Labute approximate surface area is 142 Å². The zero-order valence-electron chi connectivity index (χ0n) is 14.2. The Morgan fingerprint density at radius 3 is 2.67 bits per heavy atom. The average Bonchev–Trinajstić information content (AvgIpc) is 3.37. The van der Waals surface area contributed by atoms with Crippen LogP contribution >= 0.6 is 0 Å². The van der Waals surface area contributed by atoms with Gasteiger partial charge < -0.3 is 19.8 Å². The highest BCUT2D eigenvalue weighted by Crippen LogP contribution is 2.38. The molecule has 0 atom stereocenters. The molecule has 5 heteroatoms. The number of pyridine rings is 1. The van der Waals surface area contributed by atoms with E-state index in [2.05, 4.69) is 0 Å². The highest BCUT2D eigenvalue weighted by molar-refractivity contribution is 5.77. The number of benzene rings is 1. The minimum atomic E-state index is -0.109. The molecule has 0 radical (unpaired) electrons. The summed E-state index contributed by atoms with van der Waals surface area (Å²) >= 11 is 0. The molecule has 1 aliphatic carbocycles. The second-order valence-corrected chi connectivity index (χ2v) is 6.27. The third-order valence-corrected chi connectivity index (χ3v) is 4.26. The maximum atomic E-state index is 11.9. The standard InChI is InChI=1S/C19H24N2O3/c1-3-23-18-11-19(22)21(2)12-16(18)15-10-14(20)6-7-17(15)24-9-8-13-4-5-13/h6-7,10-13H,3-5,8-9,20H2,1-2H3. The highest BCUT2D eigenvalue weighted by Gasteiger charge is 2.21. The minimum Gasteiger partial charge on any atom is -0.493 e. The minimum absolute atomic E-state index is 0.109. The van der Waals surface area contributed by atoms with Gasteiger partial charge in [-0.1, -0.05) is 12.8 Å². The van der Waals surface area contributed by atoms with Crippen molar-refractivity contribution in [2.75, 3.05) is 18.9 Å². The summed E-state index contributed by atoms with van der Waals surface area (Å²) in [5, 5.41) is 0. The van der Waals surface area contributed by atoms with Crippen molar-refractivity contribution in [2.24, 2.45) is 13.0 Å². The molecular formula is C19H24N2O3. The van der Waals surface area contributed by atoms with Gasteiger partial charge in [0.25, 0.3) is 5.56 Å². The number of hydrogen-bond acceptors (Lipinski definition) is 4. The molecule has 2 N–H and O–H groups in total. The lowest BCUT2D eigenvalue weighted by Gasteiger charge is -2.16. The summed E-state index contributed by atoms with van der Waals surface area (Å²) in [6, 6.07) is 7.10. The molecule has 0 spiro atoms. The third-order valence-electron chi connectivity index (χ3n) is 4.26. The van der Waals surface area contributed by atoms with Crippen molar-refractivity contribution in [1.82, 2.24) is 4.57 Å². The first-order valence-electron chi connectivity index (χ1n) is 8.44. The van der Waals surface area contributed by atoms with Crippen molar-refractivity contribution >= 4 is 5.69 Å². The third kappa shape index (κ3) is 3.72. The Balaban J connectivity index is 1.98. The number of ether oxygens (including phenoxy) is 2. The van der Waals surface area contributed by atoms with Crippen molar-refractivity contribution in [2.45, 2.75) is 26.2 Å². The monoisotopic (exact) mass is 328 g/mol. The van der Waals surface area contributed by atoms with E-state index in [1.54, 1.807) is 13.2 Å². The molecule has 1 aromatic carbocycles. The number of aryl methyl sites for hydroxylation is 1. The summed E-state index contributed by atoms with van der Waals surface area (Å²) in [7, 11) is 1.72. The van der Waals surface area contributed by atoms with Crippen molar-refractivity contribution in [1.29, 1.82) is 0 Å². The molecule has 0 unspecified atom stereocenters. The Morgan fingerprint density at radius 2 is 1.96 bits per heavy atom. The number of nitrogens with zero attached hydrogens (tertiary/aromatic N) is 1. The van der Waals surface area contributed by atoms with Gasteiger partial charge in [-0.2, -0.15) is 0 Å². The molecule has 3 rings (SSSR count). The van der Waals surface area contributed by atoms with Gasteiger partial charge in [0.2, 0.25) is 0 Å². The average molecular weight is 328 g/mol. The van der Waals surface area contributed by atoms with Crippen LogP contribution in [0.2, 0.25) is 0 Å². The molecule has 24 heavy (non-hydrogen) atoms. The number of nitrogens with two attached hydrogens (primary N) is 1. The first-order valence-corrected chi connectivity index (χ1v) is 8.44. The zero-order chi connectivity index (χ0) is 17.1. The van der Waals surface area contributed by atoms with E-state index in [-0.39, 0.29) is 5.56 Å². The van der Waals surface area contributed by atoms with Crippen LogP contribution in [0.25, 0.3) is 11.1 Å². The summed E-state index contributed by atoms with van der Waals surface area (Å²) in [6.07, 6.45) is 5.48. The van der Waals surface area contributed by atoms with Gasteiger partial charge in [0.15, 0.2) is 0 Å². The van der Waals surface area contributed by atoms with Crippen LogP contribution in [0, 0.1) is 5.92 Å². The molecule has 0 bridgehead atoms. The molecule has 1 fully saturated rings. The molecule has 0 saturated heterocycles. The van der Waals surface area contributed by atoms with Crippen molar-refractivity contribution in [3.63, 3.8) is 0 Å². The maximum absolute atomic E-state index is 11.9. The van der Waals surface area contributed by atoms with E-state index in [4.69, 9.17) is 15.2 Å². The van der Waals surface area contributed by atoms with E-state index in [0.29, 0.717) is 24.7 Å². The maximum Gasteiger partial charge on any atom is 0.254 e. The normalized spacial score (nSPS) is 13.8. The van der Waals surface area contributed by atoms with Crippen LogP contribution in [0.1, 0.15) is 26.2 Å². The fraction of sp³-hybridized carbons (Fsp3) is 0.421. The van der Waals surface area contributed by atoms with Gasteiger partial charge in [0.1, 0.15) is 11.5 Å². The molecule has 1 aliphatic rings. The van der Waals surface area contributed by atoms with Gasteiger partial charge in [-0.15, -0.1) is 0 Å².